The van der Waals surface area contributed by atoms with Crippen molar-refractivity contribution in [1.29, 1.82) is 0 Å². The maximum atomic E-state index is 13.5. The molecule has 1 aromatic heterocycles. The lowest BCUT2D eigenvalue weighted by atomic mass is 9.97. The van der Waals surface area contributed by atoms with Crippen LogP contribution in [0.3, 0.4) is 0 Å². The van der Waals surface area contributed by atoms with E-state index < -0.39 is 0 Å². The van der Waals surface area contributed by atoms with Crippen LogP contribution in [0.25, 0.3) is 11.4 Å². The van der Waals surface area contributed by atoms with Crippen molar-refractivity contribution in [2.75, 3.05) is 26.8 Å². The number of nitrogens with zero attached hydrogens (tertiary/aromatic N) is 3. The Bertz CT molecular complexity index is 1080. The highest BCUT2D eigenvalue weighted by Gasteiger charge is 2.28. The summed E-state index contributed by atoms with van der Waals surface area (Å²) in [6, 6.07) is 11.8. The van der Waals surface area contributed by atoms with E-state index in [1.54, 1.807) is 19.2 Å². The van der Waals surface area contributed by atoms with Crippen molar-refractivity contribution in [2.45, 2.75) is 32.1 Å². The summed E-state index contributed by atoms with van der Waals surface area (Å²) >= 11 is 0. The number of benzene rings is 2. The molecule has 3 aromatic rings. The Hall–Kier alpha value is -3.42. The van der Waals surface area contributed by atoms with Crippen LogP contribution in [0.5, 0.6) is 11.5 Å². The molecule has 0 aliphatic carbocycles. The molecule has 1 aliphatic heterocycles. The second-order valence-corrected chi connectivity index (χ2v) is 7.90. The zero-order valence-corrected chi connectivity index (χ0v) is 18.2. The van der Waals surface area contributed by atoms with E-state index in [2.05, 4.69) is 10.1 Å². The van der Waals surface area contributed by atoms with Crippen molar-refractivity contribution >= 4 is 5.91 Å². The number of aryl methyl sites for hydroxylation is 1. The molecule has 2 aromatic carbocycles. The van der Waals surface area contributed by atoms with Gasteiger partial charge in [0.2, 0.25) is 17.6 Å². The Morgan fingerprint density at radius 2 is 2.12 bits per heavy atom. The van der Waals surface area contributed by atoms with Gasteiger partial charge in [0.1, 0.15) is 5.82 Å². The van der Waals surface area contributed by atoms with Gasteiger partial charge >= 0.3 is 0 Å². The van der Waals surface area contributed by atoms with Crippen LogP contribution in [0.4, 0.5) is 4.39 Å². The highest BCUT2D eigenvalue weighted by molar-refractivity contribution is 5.76. The maximum Gasteiger partial charge on any atom is 0.231 e. The summed E-state index contributed by atoms with van der Waals surface area (Å²) in [4.78, 5) is 19.0. The van der Waals surface area contributed by atoms with Crippen molar-refractivity contribution in [3.63, 3.8) is 0 Å². The van der Waals surface area contributed by atoms with Crippen molar-refractivity contribution in [3.8, 4) is 22.9 Å². The first-order chi connectivity index (χ1) is 15.5. The molecule has 1 unspecified atom stereocenters. The SMILES string of the molecule is COc1cc(C)ccc1OCCC(=O)N1CCCC(c2nc(-c3cccc(F)c3)no2)C1. The summed E-state index contributed by atoms with van der Waals surface area (Å²) in [5.74, 6) is 1.73. The van der Waals surface area contributed by atoms with Gasteiger partial charge in [-0.15, -0.1) is 0 Å². The van der Waals surface area contributed by atoms with Crippen molar-refractivity contribution < 1.29 is 23.2 Å². The van der Waals surface area contributed by atoms with E-state index in [-0.39, 0.29) is 30.7 Å². The van der Waals surface area contributed by atoms with Crippen LogP contribution >= 0.6 is 0 Å². The summed E-state index contributed by atoms with van der Waals surface area (Å²) in [7, 11) is 1.60. The van der Waals surface area contributed by atoms with Crippen molar-refractivity contribution in [1.82, 2.24) is 15.0 Å². The largest absolute Gasteiger partial charge is 0.493 e. The molecule has 1 amide bonds. The third kappa shape index (κ3) is 5.07. The van der Waals surface area contributed by atoms with E-state index in [1.165, 1.54) is 12.1 Å². The van der Waals surface area contributed by atoms with E-state index in [0.29, 0.717) is 41.9 Å². The molecule has 8 heteroatoms. The Morgan fingerprint density at radius 3 is 2.94 bits per heavy atom. The Balaban J connectivity index is 1.33. The number of rotatable bonds is 7. The molecule has 168 valence electrons. The number of hydrogen-bond acceptors (Lipinski definition) is 6. The van der Waals surface area contributed by atoms with Crippen LogP contribution in [-0.4, -0.2) is 47.8 Å². The molecule has 7 nitrogen and oxygen atoms in total. The monoisotopic (exact) mass is 439 g/mol. The molecule has 1 fully saturated rings. The van der Waals surface area contributed by atoms with E-state index in [4.69, 9.17) is 14.0 Å². The average Bonchev–Trinajstić information content (AvgIpc) is 3.30. The number of ether oxygens (including phenoxy) is 2. The summed E-state index contributed by atoms with van der Waals surface area (Å²) in [6.07, 6.45) is 1.97. The van der Waals surface area contributed by atoms with Gasteiger partial charge in [0.25, 0.3) is 0 Å². The van der Waals surface area contributed by atoms with E-state index in [1.807, 2.05) is 30.0 Å². The lowest BCUT2D eigenvalue weighted by Crippen LogP contribution is -2.39. The summed E-state index contributed by atoms with van der Waals surface area (Å²) < 4.78 is 30.0. The maximum absolute atomic E-state index is 13.5. The van der Waals surface area contributed by atoms with Crippen molar-refractivity contribution in [2.24, 2.45) is 0 Å². The van der Waals surface area contributed by atoms with Gasteiger partial charge in [-0.05, 0) is 49.6 Å². The predicted octanol–water partition coefficient (Wildman–Crippen LogP) is 4.37. The van der Waals surface area contributed by atoms with Crippen LogP contribution in [0.1, 0.15) is 36.6 Å². The summed E-state index contributed by atoms with van der Waals surface area (Å²) in [5.41, 5.74) is 1.64. The molecule has 0 bridgehead atoms. The van der Waals surface area contributed by atoms with Gasteiger partial charge in [0.15, 0.2) is 11.5 Å². The number of methoxy groups -OCH3 is 1. The standard InChI is InChI=1S/C24H26FN3O4/c1-16-8-9-20(21(13-16)30-2)31-12-10-22(29)28-11-4-6-18(15-28)24-26-23(27-32-24)17-5-3-7-19(25)14-17/h3,5,7-9,13-14,18H,4,6,10-12,15H2,1-2H3. The minimum atomic E-state index is -0.353. The average molecular weight is 439 g/mol. The van der Waals surface area contributed by atoms with Crippen LogP contribution in [-0.2, 0) is 4.79 Å². The topological polar surface area (TPSA) is 77.7 Å². The van der Waals surface area contributed by atoms with E-state index in [9.17, 15) is 9.18 Å². The fraction of sp³-hybridized carbons (Fsp3) is 0.375. The van der Waals surface area contributed by atoms with Gasteiger partial charge in [-0.25, -0.2) is 4.39 Å². The molecule has 0 N–H and O–H groups in total. The lowest BCUT2D eigenvalue weighted by molar-refractivity contribution is -0.133. The van der Waals surface area contributed by atoms with Gasteiger partial charge in [-0.1, -0.05) is 23.4 Å². The van der Waals surface area contributed by atoms with Gasteiger partial charge in [-0.2, -0.15) is 4.98 Å². The van der Waals surface area contributed by atoms with Gasteiger partial charge < -0.3 is 18.9 Å². The van der Waals surface area contributed by atoms with Crippen LogP contribution in [0, 0.1) is 12.7 Å². The minimum absolute atomic E-state index is 0.0191. The summed E-state index contributed by atoms with van der Waals surface area (Å²) in [5, 5.41) is 3.99. The van der Waals surface area contributed by atoms with E-state index in [0.717, 1.165) is 18.4 Å². The van der Waals surface area contributed by atoms with Crippen LogP contribution < -0.4 is 9.47 Å². The third-order valence-electron chi connectivity index (χ3n) is 5.54. The van der Waals surface area contributed by atoms with Gasteiger partial charge in [0.05, 0.1) is 26.1 Å². The molecule has 0 radical (unpaired) electrons. The predicted molar refractivity (Wildman–Crippen MR) is 116 cm³/mol. The second kappa shape index (κ2) is 9.80. The first-order valence-electron chi connectivity index (χ1n) is 10.7. The third-order valence-corrected chi connectivity index (χ3v) is 5.54. The number of amides is 1. The molecule has 0 saturated carbocycles. The smallest absolute Gasteiger partial charge is 0.231 e. The zero-order chi connectivity index (χ0) is 22.5. The molecule has 2 heterocycles. The number of carbonyl (C=O) groups is 1. The van der Waals surface area contributed by atoms with E-state index >= 15 is 0 Å². The molecule has 0 spiro atoms. The minimum Gasteiger partial charge on any atom is -0.493 e. The number of likely N-dealkylation sites (tertiary alicyclic amines) is 1. The van der Waals surface area contributed by atoms with Crippen molar-refractivity contribution in [3.05, 3.63) is 59.7 Å². The van der Waals surface area contributed by atoms with Gasteiger partial charge in [0, 0.05) is 18.7 Å². The molecule has 1 saturated heterocycles. The first-order valence-corrected chi connectivity index (χ1v) is 10.7. The lowest BCUT2D eigenvalue weighted by Gasteiger charge is -2.31. The molecular formula is C24H26FN3O4. The molecule has 1 atom stereocenters. The number of halogens is 1. The normalized spacial score (nSPS) is 16.1. The number of carbonyl (C=O) groups excluding carboxylic acids is 1. The summed E-state index contributed by atoms with van der Waals surface area (Å²) in [6.45, 7) is 3.45. The second-order valence-electron chi connectivity index (χ2n) is 7.90. The zero-order valence-electron chi connectivity index (χ0n) is 18.2. The highest BCUT2D eigenvalue weighted by Crippen LogP contribution is 2.29. The number of hydrogen-bond donors (Lipinski definition) is 0. The Labute approximate surface area is 186 Å². The Morgan fingerprint density at radius 1 is 1.25 bits per heavy atom. The fourth-order valence-corrected chi connectivity index (χ4v) is 3.85. The fourth-order valence-electron chi connectivity index (χ4n) is 3.85. The molecule has 1 aliphatic rings. The van der Waals surface area contributed by atoms with Gasteiger partial charge in [-0.3, -0.25) is 4.79 Å². The quantitative estimate of drug-likeness (QED) is 0.544. The number of piperidine rings is 1. The molecular weight excluding hydrogens is 413 g/mol. The molecule has 32 heavy (non-hydrogen) atoms. The Kier molecular flexibility index (Phi) is 6.68. The van der Waals surface area contributed by atoms with Crippen LogP contribution in [0.2, 0.25) is 0 Å². The van der Waals surface area contributed by atoms with Crippen LogP contribution in [0.15, 0.2) is 47.0 Å². The number of aromatic nitrogens is 2. The highest BCUT2D eigenvalue weighted by atomic mass is 19.1. The molecule has 4 rings (SSSR count). The first kappa shape index (κ1) is 21.8.